The predicted octanol–water partition coefficient (Wildman–Crippen LogP) is 2.65. The molecule has 1 N–H and O–H groups in total. The molecule has 0 bridgehead atoms. The van der Waals surface area contributed by atoms with Gasteiger partial charge in [0.1, 0.15) is 0 Å². The lowest BCUT2D eigenvalue weighted by molar-refractivity contribution is 0.201. The summed E-state index contributed by atoms with van der Waals surface area (Å²) >= 11 is 0. The first-order valence-electron chi connectivity index (χ1n) is 9.00. The zero-order valence-corrected chi connectivity index (χ0v) is 14.5. The number of carbonyl (C=O) groups excluding carboxylic acids is 1. The molecule has 130 valence electrons. The van der Waals surface area contributed by atoms with Crippen LogP contribution in [0.5, 0.6) is 0 Å². The fourth-order valence-electron chi connectivity index (χ4n) is 3.66. The highest BCUT2D eigenvalue weighted by atomic mass is 16.2. The van der Waals surface area contributed by atoms with E-state index in [1.165, 1.54) is 12.0 Å². The molecule has 1 aliphatic heterocycles. The predicted molar refractivity (Wildman–Crippen MR) is 95.6 cm³/mol. The minimum Gasteiger partial charge on any atom is -0.332 e. The average Bonchev–Trinajstić information content (AvgIpc) is 3.05. The number of allylic oxidation sites excluding steroid dienone is 1. The van der Waals surface area contributed by atoms with Gasteiger partial charge in [0.15, 0.2) is 0 Å². The van der Waals surface area contributed by atoms with Gasteiger partial charge in [0.05, 0.1) is 0 Å². The third kappa shape index (κ3) is 4.81. The summed E-state index contributed by atoms with van der Waals surface area (Å²) in [7, 11) is 2.14. The van der Waals surface area contributed by atoms with E-state index in [0.717, 1.165) is 45.4 Å². The molecule has 2 heterocycles. The molecule has 0 saturated carbocycles. The third-order valence-corrected chi connectivity index (χ3v) is 4.88. The Morgan fingerprint density at radius 1 is 1.46 bits per heavy atom. The molecule has 24 heavy (non-hydrogen) atoms. The molecule has 0 unspecified atom stereocenters. The zero-order valence-electron chi connectivity index (χ0n) is 14.5. The van der Waals surface area contributed by atoms with E-state index in [-0.39, 0.29) is 12.1 Å². The highest BCUT2D eigenvalue weighted by Gasteiger charge is 2.27. The van der Waals surface area contributed by atoms with Gasteiger partial charge in [-0.2, -0.15) is 0 Å². The molecule has 3 rings (SSSR count). The van der Waals surface area contributed by atoms with Gasteiger partial charge >= 0.3 is 6.03 Å². The van der Waals surface area contributed by atoms with E-state index in [1.54, 1.807) is 6.20 Å². The summed E-state index contributed by atoms with van der Waals surface area (Å²) in [4.78, 5) is 20.9. The van der Waals surface area contributed by atoms with Gasteiger partial charge in [-0.1, -0.05) is 18.2 Å². The van der Waals surface area contributed by atoms with Crippen molar-refractivity contribution >= 4 is 6.03 Å². The van der Waals surface area contributed by atoms with Gasteiger partial charge in [-0.3, -0.25) is 4.98 Å². The van der Waals surface area contributed by atoms with Crippen LogP contribution in [0.2, 0.25) is 0 Å². The van der Waals surface area contributed by atoms with Crippen LogP contribution >= 0.6 is 0 Å². The Kier molecular flexibility index (Phi) is 5.86. The minimum absolute atomic E-state index is 0.101. The molecule has 0 spiro atoms. The minimum atomic E-state index is 0.101. The maximum Gasteiger partial charge on any atom is 0.317 e. The van der Waals surface area contributed by atoms with Crippen LogP contribution < -0.4 is 5.32 Å². The molecule has 2 atom stereocenters. The summed E-state index contributed by atoms with van der Waals surface area (Å²) in [6.07, 6.45) is 12.5. The Balaban J connectivity index is 1.42. The lowest BCUT2D eigenvalue weighted by Gasteiger charge is -2.24. The molecular formula is C19H28N4O. The van der Waals surface area contributed by atoms with Gasteiger partial charge in [-0.15, -0.1) is 0 Å². The molecule has 1 aromatic heterocycles. The van der Waals surface area contributed by atoms with Gasteiger partial charge in [0, 0.05) is 44.6 Å². The van der Waals surface area contributed by atoms with Gasteiger partial charge in [0.25, 0.3) is 0 Å². The summed E-state index contributed by atoms with van der Waals surface area (Å²) in [5.41, 5.74) is 1.23. The van der Waals surface area contributed by atoms with Crippen LogP contribution in [0.25, 0.3) is 0 Å². The number of pyridine rings is 1. The first-order chi connectivity index (χ1) is 11.7. The lowest BCUT2D eigenvalue weighted by Crippen LogP contribution is -2.44. The normalized spacial score (nSPS) is 23.7. The fraction of sp³-hybridized carbons (Fsp3) is 0.579. The lowest BCUT2D eigenvalue weighted by atomic mass is 10.0. The quantitative estimate of drug-likeness (QED) is 0.846. The molecule has 1 fully saturated rings. The van der Waals surface area contributed by atoms with Crippen LogP contribution in [-0.2, 0) is 6.54 Å². The number of carbonyl (C=O) groups is 1. The van der Waals surface area contributed by atoms with Crippen molar-refractivity contribution in [3.05, 3.63) is 42.2 Å². The molecule has 0 aromatic carbocycles. The Hall–Kier alpha value is -1.88. The Bertz CT molecular complexity index is 560. The average molecular weight is 328 g/mol. The van der Waals surface area contributed by atoms with Gasteiger partial charge < -0.3 is 15.1 Å². The summed E-state index contributed by atoms with van der Waals surface area (Å²) in [5, 5.41) is 3.15. The summed E-state index contributed by atoms with van der Waals surface area (Å²) in [6.45, 7) is 3.65. The molecule has 0 radical (unpaired) electrons. The van der Waals surface area contributed by atoms with Crippen molar-refractivity contribution in [2.75, 3.05) is 26.7 Å². The number of amides is 2. The maximum atomic E-state index is 12.4. The number of urea groups is 1. The molecule has 5 heteroatoms. The van der Waals surface area contributed by atoms with Gasteiger partial charge in [0.2, 0.25) is 0 Å². The molecule has 2 amide bonds. The second kappa shape index (κ2) is 8.29. The molecular weight excluding hydrogens is 300 g/mol. The van der Waals surface area contributed by atoms with Gasteiger partial charge in [-0.05, 0) is 50.3 Å². The first-order valence-corrected chi connectivity index (χ1v) is 9.00. The fourth-order valence-corrected chi connectivity index (χ4v) is 3.66. The first kappa shape index (κ1) is 17.0. The monoisotopic (exact) mass is 328 g/mol. The number of likely N-dealkylation sites (tertiary alicyclic amines) is 1. The molecule has 5 nitrogen and oxygen atoms in total. The van der Waals surface area contributed by atoms with Crippen LogP contribution in [0.15, 0.2) is 36.7 Å². The van der Waals surface area contributed by atoms with E-state index in [1.807, 2.05) is 17.2 Å². The van der Waals surface area contributed by atoms with Gasteiger partial charge in [-0.25, -0.2) is 4.79 Å². The van der Waals surface area contributed by atoms with E-state index in [0.29, 0.717) is 5.92 Å². The second-order valence-electron chi connectivity index (χ2n) is 7.07. The highest BCUT2D eigenvalue weighted by molar-refractivity contribution is 5.75. The topological polar surface area (TPSA) is 48.5 Å². The van der Waals surface area contributed by atoms with Crippen LogP contribution in [0.1, 0.15) is 31.2 Å². The van der Waals surface area contributed by atoms with Crippen molar-refractivity contribution in [3.8, 4) is 0 Å². The Morgan fingerprint density at radius 3 is 3.12 bits per heavy atom. The van der Waals surface area contributed by atoms with E-state index < -0.39 is 0 Å². The SMILES string of the molecule is CN(Cc1cccnc1)C[C@H]1CCN(C(=O)N[C@H]2C=CCCC2)C1. The van der Waals surface area contributed by atoms with Crippen molar-refractivity contribution in [1.82, 2.24) is 20.1 Å². The van der Waals surface area contributed by atoms with Crippen molar-refractivity contribution in [1.29, 1.82) is 0 Å². The molecule has 1 aliphatic carbocycles. The zero-order chi connectivity index (χ0) is 16.8. The molecule has 1 aromatic rings. The standard InChI is InChI=1S/C19H28N4O/c1-22(13-16-6-5-10-20-12-16)14-17-9-11-23(15-17)19(24)21-18-7-3-2-4-8-18/h3,5-7,10,12,17-18H,2,4,8-9,11,13-15H2,1H3,(H,21,24)/t17-,18+/m1/s1. The number of hydrogen-bond acceptors (Lipinski definition) is 3. The van der Waals surface area contributed by atoms with Crippen LogP contribution in [-0.4, -0.2) is 53.5 Å². The van der Waals surface area contributed by atoms with Crippen LogP contribution in [0.4, 0.5) is 4.79 Å². The number of aromatic nitrogens is 1. The van der Waals surface area contributed by atoms with E-state index >= 15 is 0 Å². The van der Waals surface area contributed by atoms with E-state index in [2.05, 4.69) is 40.5 Å². The number of hydrogen-bond donors (Lipinski definition) is 1. The van der Waals surface area contributed by atoms with E-state index in [9.17, 15) is 4.79 Å². The van der Waals surface area contributed by atoms with Crippen molar-refractivity contribution < 1.29 is 4.79 Å². The Labute approximate surface area is 144 Å². The molecule has 2 aliphatic rings. The van der Waals surface area contributed by atoms with Crippen molar-refractivity contribution in [2.45, 2.75) is 38.3 Å². The van der Waals surface area contributed by atoms with Crippen molar-refractivity contribution in [3.63, 3.8) is 0 Å². The number of nitrogens with one attached hydrogen (secondary N) is 1. The maximum absolute atomic E-state index is 12.4. The van der Waals surface area contributed by atoms with Crippen LogP contribution in [0.3, 0.4) is 0 Å². The number of rotatable bonds is 5. The summed E-state index contributed by atoms with van der Waals surface area (Å²) in [5.74, 6) is 0.555. The molecule has 1 saturated heterocycles. The second-order valence-corrected chi connectivity index (χ2v) is 7.07. The summed E-state index contributed by atoms with van der Waals surface area (Å²) < 4.78 is 0. The summed E-state index contributed by atoms with van der Waals surface area (Å²) in [6, 6.07) is 4.41. The Morgan fingerprint density at radius 2 is 2.38 bits per heavy atom. The van der Waals surface area contributed by atoms with E-state index in [4.69, 9.17) is 0 Å². The number of nitrogens with zero attached hydrogens (tertiary/aromatic N) is 3. The largest absolute Gasteiger partial charge is 0.332 e. The third-order valence-electron chi connectivity index (χ3n) is 4.88. The van der Waals surface area contributed by atoms with Crippen LogP contribution in [0, 0.1) is 5.92 Å². The smallest absolute Gasteiger partial charge is 0.317 e. The highest BCUT2D eigenvalue weighted by Crippen LogP contribution is 2.19. The van der Waals surface area contributed by atoms with Crippen molar-refractivity contribution in [2.24, 2.45) is 5.92 Å².